The number of amides is 1. The highest BCUT2D eigenvalue weighted by Crippen LogP contribution is 2.32. The smallest absolute Gasteiger partial charge is 0.230 e. The molecule has 0 unspecified atom stereocenters. The lowest BCUT2D eigenvalue weighted by Crippen LogP contribution is -2.24. The number of benzene rings is 2. The van der Waals surface area contributed by atoms with Crippen LogP contribution in [0.2, 0.25) is 0 Å². The molecule has 7 nitrogen and oxygen atoms in total. The number of carbonyl (C=O) groups is 1. The van der Waals surface area contributed by atoms with Gasteiger partial charge in [0.15, 0.2) is 4.34 Å². The van der Waals surface area contributed by atoms with Gasteiger partial charge in [-0.2, -0.15) is 0 Å². The van der Waals surface area contributed by atoms with Crippen LogP contribution >= 0.6 is 23.1 Å². The van der Waals surface area contributed by atoms with Gasteiger partial charge in [-0.25, -0.2) is 0 Å². The minimum absolute atomic E-state index is 0.0400. The van der Waals surface area contributed by atoms with E-state index in [1.807, 2.05) is 68.4 Å². The highest BCUT2D eigenvalue weighted by Gasteiger charge is 2.10. The quantitative estimate of drug-likeness (QED) is 0.483. The Morgan fingerprint density at radius 2 is 1.93 bits per heavy atom. The molecule has 9 heteroatoms. The molecule has 2 N–H and O–H groups in total. The van der Waals surface area contributed by atoms with Gasteiger partial charge in [-0.1, -0.05) is 41.3 Å². The third-order valence-electron chi connectivity index (χ3n) is 4.27. The highest BCUT2D eigenvalue weighted by molar-refractivity contribution is 8.01. The molecular formula is C21H25N5O2S2. The molecule has 1 amide bonds. The summed E-state index contributed by atoms with van der Waals surface area (Å²) in [4.78, 5) is 14.2. The molecule has 0 atom stereocenters. The Morgan fingerprint density at radius 3 is 2.63 bits per heavy atom. The van der Waals surface area contributed by atoms with Crippen LogP contribution in [0.3, 0.4) is 0 Å². The maximum atomic E-state index is 12.2. The molecule has 3 rings (SSSR count). The second kappa shape index (κ2) is 10.3. The lowest BCUT2D eigenvalue weighted by molar-refractivity contribution is -0.118. The summed E-state index contributed by atoms with van der Waals surface area (Å²) in [6, 6.07) is 14.0. The van der Waals surface area contributed by atoms with E-state index in [0.717, 1.165) is 32.6 Å². The molecule has 0 aliphatic heterocycles. The molecule has 0 radical (unpaired) electrons. The van der Waals surface area contributed by atoms with Gasteiger partial charge in [0.25, 0.3) is 0 Å². The lowest BCUT2D eigenvalue weighted by atomic mass is 10.2. The maximum absolute atomic E-state index is 12.2. The molecule has 0 aliphatic carbocycles. The fourth-order valence-electron chi connectivity index (χ4n) is 2.64. The number of hydrogen-bond acceptors (Lipinski definition) is 8. The van der Waals surface area contributed by atoms with E-state index >= 15 is 0 Å². The maximum Gasteiger partial charge on any atom is 0.230 e. The Labute approximate surface area is 184 Å². The molecule has 158 valence electrons. The van der Waals surface area contributed by atoms with Crippen molar-refractivity contribution in [2.24, 2.45) is 0 Å². The summed E-state index contributed by atoms with van der Waals surface area (Å²) in [7, 11) is 5.63. The molecule has 1 heterocycles. The Hall–Kier alpha value is -2.78. The van der Waals surface area contributed by atoms with Gasteiger partial charge < -0.3 is 20.3 Å². The highest BCUT2D eigenvalue weighted by atomic mass is 32.2. The Morgan fingerprint density at radius 1 is 1.17 bits per heavy atom. The average Bonchev–Trinajstić information content (AvgIpc) is 3.18. The minimum atomic E-state index is -0.0400. The first-order chi connectivity index (χ1) is 14.4. The number of nitrogens with one attached hydrogen (secondary N) is 2. The van der Waals surface area contributed by atoms with E-state index in [2.05, 4.69) is 20.8 Å². The van der Waals surface area contributed by atoms with Crippen molar-refractivity contribution in [2.45, 2.75) is 17.8 Å². The second-order valence-corrected chi connectivity index (χ2v) is 9.03. The Balaban J connectivity index is 1.48. The van der Waals surface area contributed by atoms with Gasteiger partial charge in [0.2, 0.25) is 11.0 Å². The average molecular weight is 444 g/mol. The summed E-state index contributed by atoms with van der Waals surface area (Å²) in [5, 5.41) is 15.1. The van der Waals surface area contributed by atoms with Gasteiger partial charge >= 0.3 is 0 Å². The monoisotopic (exact) mass is 443 g/mol. The summed E-state index contributed by atoms with van der Waals surface area (Å²) >= 11 is 2.77. The molecule has 1 aromatic heterocycles. The largest absolute Gasteiger partial charge is 0.495 e. The van der Waals surface area contributed by atoms with Crippen LogP contribution < -0.4 is 20.3 Å². The van der Waals surface area contributed by atoms with Crippen LogP contribution in [0.4, 0.5) is 16.5 Å². The standard InChI is InChI=1S/C21H25N5O2S2/c1-14-5-10-18(28-4)17(11-14)23-20-24-25-21(30-20)29-13-19(27)22-12-15-6-8-16(9-7-15)26(2)3/h5-11H,12-13H2,1-4H3,(H,22,27)(H,23,24). The molecule has 30 heavy (non-hydrogen) atoms. The fourth-order valence-corrected chi connectivity index (χ4v) is 4.24. The van der Waals surface area contributed by atoms with Crippen LogP contribution in [-0.4, -0.2) is 43.1 Å². The van der Waals surface area contributed by atoms with E-state index in [9.17, 15) is 4.79 Å². The summed E-state index contributed by atoms with van der Waals surface area (Å²) in [5.74, 6) is 0.989. The fraction of sp³-hybridized carbons (Fsp3) is 0.286. The van der Waals surface area contributed by atoms with Crippen molar-refractivity contribution in [2.75, 3.05) is 37.2 Å². The van der Waals surface area contributed by atoms with Crippen LogP contribution in [0.25, 0.3) is 0 Å². The number of ether oxygens (including phenoxy) is 1. The SMILES string of the molecule is COc1ccc(C)cc1Nc1nnc(SCC(=O)NCc2ccc(N(C)C)cc2)s1. The summed E-state index contributed by atoms with van der Waals surface area (Å²) in [6.07, 6.45) is 0. The molecule has 0 saturated heterocycles. The lowest BCUT2D eigenvalue weighted by Gasteiger charge is -2.12. The first-order valence-corrected chi connectivity index (χ1v) is 11.2. The zero-order valence-electron chi connectivity index (χ0n) is 17.4. The van der Waals surface area contributed by atoms with E-state index in [1.165, 1.54) is 23.1 Å². The van der Waals surface area contributed by atoms with Crippen LogP contribution in [0.1, 0.15) is 11.1 Å². The first kappa shape index (κ1) is 21.9. The van der Waals surface area contributed by atoms with E-state index < -0.39 is 0 Å². The molecular weight excluding hydrogens is 418 g/mol. The summed E-state index contributed by atoms with van der Waals surface area (Å²) in [6.45, 7) is 2.52. The van der Waals surface area contributed by atoms with Gasteiger partial charge in [0, 0.05) is 26.3 Å². The predicted molar refractivity (Wildman–Crippen MR) is 124 cm³/mol. The first-order valence-electron chi connectivity index (χ1n) is 9.35. The number of carbonyl (C=O) groups excluding carboxylic acids is 1. The number of aryl methyl sites for hydroxylation is 1. The summed E-state index contributed by atoms with van der Waals surface area (Å²) < 4.78 is 6.10. The normalized spacial score (nSPS) is 10.5. The van der Waals surface area contributed by atoms with Crippen molar-refractivity contribution in [3.63, 3.8) is 0 Å². The number of rotatable bonds is 9. The minimum Gasteiger partial charge on any atom is -0.495 e. The topological polar surface area (TPSA) is 79.4 Å². The zero-order chi connectivity index (χ0) is 21.5. The van der Waals surface area contributed by atoms with E-state index in [1.54, 1.807) is 7.11 Å². The number of nitrogens with zero attached hydrogens (tertiary/aromatic N) is 3. The molecule has 0 aliphatic rings. The van der Waals surface area contributed by atoms with Crippen LogP contribution in [-0.2, 0) is 11.3 Å². The molecule has 0 saturated carbocycles. The van der Waals surface area contributed by atoms with E-state index in [0.29, 0.717) is 11.7 Å². The molecule has 0 spiro atoms. The van der Waals surface area contributed by atoms with Gasteiger partial charge in [-0.3, -0.25) is 4.79 Å². The van der Waals surface area contributed by atoms with Crippen LogP contribution in [0.15, 0.2) is 46.8 Å². The van der Waals surface area contributed by atoms with Crippen molar-refractivity contribution in [3.8, 4) is 5.75 Å². The van der Waals surface area contributed by atoms with Crippen molar-refractivity contribution in [1.29, 1.82) is 0 Å². The number of anilines is 3. The third kappa shape index (κ3) is 6.11. The van der Waals surface area contributed by atoms with Crippen molar-refractivity contribution in [1.82, 2.24) is 15.5 Å². The number of thioether (sulfide) groups is 1. The van der Waals surface area contributed by atoms with E-state index in [-0.39, 0.29) is 11.7 Å². The van der Waals surface area contributed by atoms with Crippen LogP contribution in [0, 0.1) is 6.92 Å². The number of aromatic nitrogens is 2. The molecule has 3 aromatic rings. The van der Waals surface area contributed by atoms with Crippen molar-refractivity contribution in [3.05, 3.63) is 53.6 Å². The zero-order valence-corrected chi connectivity index (χ0v) is 19.1. The third-order valence-corrected chi connectivity index (χ3v) is 6.24. The molecule has 0 bridgehead atoms. The number of methoxy groups -OCH3 is 1. The van der Waals surface area contributed by atoms with Crippen LogP contribution in [0.5, 0.6) is 5.75 Å². The Bertz CT molecular complexity index is 989. The van der Waals surface area contributed by atoms with Crippen molar-refractivity contribution >= 4 is 45.5 Å². The second-order valence-electron chi connectivity index (χ2n) is 6.83. The summed E-state index contributed by atoms with van der Waals surface area (Å²) in [5.41, 5.74) is 4.15. The van der Waals surface area contributed by atoms with Gasteiger partial charge in [-0.15, -0.1) is 10.2 Å². The van der Waals surface area contributed by atoms with E-state index in [4.69, 9.17) is 4.74 Å². The van der Waals surface area contributed by atoms with Gasteiger partial charge in [-0.05, 0) is 42.3 Å². The Kier molecular flexibility index (Phi) is 7.53. The van der Waals surface area contributed by atoms with Crippen molar-refractivity contribution < 1.29 is 9.53 Å². The molecule has 0 fully saturated rings. The predicted octanol–water partition coefficient (Wildman–Crippen LogP) is 4.07. The number of hydrogen-bond donors (Lipinski definition) is 2. The van der Waals surface area contributed by atoms with Gasteiger partial charge in [0.1, 0.15) is 5.75 Å². The molecule has 2 aromatic carbocycles. The van der Waals surface area contributed by atoms with Gasteiger partial charge in [0.05, 0.1) is 18.6 Å².